The molecule has 1 aliphatic carbocycles. The fourth-order valence-electron chi connectivity index (χ4n) is 3.04. The van der Waals surface area contributed by atoms with E-state index in [1.807, 2.05) is 12.4 Å². The lowest BCUT2D eigenvalue weighted by Crippen LogP contribution is -2.25. The Bertz CT molecular complexity index is 564. The lowest BCUT2D eigenvalue weighted by molar-refractivity contribution is 0.562. The molecule has 3 heterocycles. The highest BCUT2D eigenvalue weighted by atomic mass is 15.1. The molecule has 0 bridgehead atoms. The van der Waals surface area contributed by atoms with Crippen molar-refractivity contribution in [2.45, 2.75) is 44.2 Å². The summed E-state index contributed by atoms with van der Waals surface area (Å²) in [4.78, 5) is 8.99. The summed E-state index contributed by atoms with van der Waals surface area (Å²) < 4.78 is 2.46. The molecule has 0 amide bonds. The molecule has 2 fully saturated rings. The van der Waals surface area contributed by atoms with Crippen molar-refractivity contribution in [3.63, 3.8) is 0 Å². The predicted octanol–water partition coefficient (Wildman–Crippen LogP) is 2.06. The third-order valence-corrected chi connectivity index (χ3v) is 4.07. The van der Waals surface area contributed by atoms with E-state index in [9.17, 15) is 0 Å². The normalized spacial score (nSPS) is 23.9. The predicted molar refractivity (Wildman–Crippen MR) is 70.5 cm³/mol. The Balaban J connectivity index is 1.75. The average molecular weight is 242 g/mol. The smallest absolute Gasteiger partial charge is 0.111 e. The van der Waals surface area contributed by atoms with Crippen LogP contribution in [-0.2, 0) is 6.42 Å². The first-order valence-corrected chi connectivity index (χ1v) is 6.96. The zero-order valence-electron chi connectivity index (χ0n) is 10.5. The van der Waals surface area contributed by atoms with Gasteiger partial charge in [0.2, 0.25) is 0 Å². The van der Waals surface area contributed by atoms with Gasteiger partial charge in [0.25, 0.3) is 0 Å². The van der Waals surface area contributed by atoms with Crippen molar-refractivity contribution in [3.05, 3.63) is 24.3 Å². The molecular formula is C14H18N4. The van der Waals surface area contributed by atoms with E-state index < -0.39 is 0 Å². The van der Waals surface area contributed by atoms with Gasteiger partial charge in [-0.05, 0) is 38.3 Å². The molecule has 1 N–H and O–H groups in total. The number of hydrogen-bond donors (Lipinski definition) is 1. The van der Waals surface area contributed by atoms with Crippen molar-refractivity contribution in [2.75, 3.05) is 6.54 Å². The third kappa shape index (κ3) is 1.72. The minimum absolute atomic E-state index is 0.618. The third-order valence-electron chi connectivity index (χ3n) is 4.07. The second kappa shape index (κ2) is 4.05. The van der Waals surface area contributed by atoms with E-state index in [-0.39, 0.29) is 0 Å². The van der Waals surface area contributed by atoms with Crippen LogP contribution in [0.15, 0.2) is 18.5 Å². The summed E-state index contributed by atoms with van der Waals surface area (Å²) in [5, 5.41) is 3.57. The quantitative estimate of drug-likeness (QED) is 0.896. The second-order valence-electron chi connectivity index (χ2n) is 5.49. The van der Waals surface area contributed by atoms with E-state index in [0.717, 1.165) is 18.5 Å². The molecule has 2 aliphatic rings. The van der Waals surface area contributed by atoms with Gasteiger partial charge in [0.1, 0.15) is 11.3 Å². The van der Waals surface area contributed by atoms with E-state index >= 15 is 0 Å². The highest BCUT2D eigenvalue weighted by Gasteiger charge is 2.29. The highest BCUT2D eigenvalue weighted by molar-refractivity contribution is 5.75. The maximum absolute atomic E-state index is 4.80. The molecule has 4 rings (SSSR count). The number of hydrogen-bond acceptors (Lipinski definition) is 3. The molecule has 18 heavy (non-hydrogen) atoms. The van der Waals surface area contributed by atoms with Gasteiger partial charge in [0, 0.05) is 24.7 Å². The second-order valence-corrected chi connectivity index (χ2v) is 5.49. The Morgan fingerprint density at radius 3 is 3.06 bits per heavy atom. The number of fused-ring (bicyclic) bond motifs is 1. The largest absolute Gasteiger partial charge is 0.325 e. The monoisotopic (exact) mass is 242 g/mol. The molecule has 1 saturated carbocycles. The summed E-state index contributed by atoms with van der Waals surface area (Å²) in [6.07, 6.45) is 10.0. The van der Waals surface area contributed by atoms with E-state index in [1.165, 1.54) is 37.0 Å². The summed E-state index contributed by atoms with van der Waals surface area (Å²) in [6, 6.07) is 3.41. The summed E-state index contributed by atoms with van der Waals surface area (Å²) in [7, 11) is 0. The van der Waals surface area contributed by atoms with Crippen molar-refractivity contribution < 1.29 is 0 Å². The first-order chi connectivity index (χ1) is 8.92. The summed E-state index contributed by atoms with van der Waals surface area (Å²) >= 11 is 0. The summed E-state index contributed by atoms with van der Waals surface area (Å²) in [5.74, 6) is 1.25. The standard InChI is InChI=1S/C14H18N4/c1-2-10(16-6-1)8-14-17-12-9-15-7-5-13(12)18(14)11-3-4-11/h5,7,9-11,16H,1-4,6,8H2. The van der Waals surface area contributed by atoms with Crippen molar-refractivity contribution in [1.29, 1.82) is 0 Å². The number of aromatic nitrogens is 3. The van der Waals surface area contributed by atoms with E-state index in [0.29, 0.717) is 12.1 Å². The van der Waals surface area contributed by atoms with Crippen molar-refractivity contribution >= 4 is 11.0 Å². The van der Waals surface area contributed by atoms with Crippen molar-refractivity contribution in [2.24, 2.45) is 0 Å². The van der Waals surface area contributed by atoms with Crippen LogP contribution in [0.4, 0.5) is 0 Å². The molecule has 4 nitrogen and oxygen atoms in total. The van der Waals surface area contributed by atoms with Crippen LogP contribution < -0.4 is 5.32 Å². The number of pyridine rings is 1. The van der Waals surface area contributed by atoms with Crippen molar-refractivity contribution in [3.8, 4) is 0 Å². The molecule has 4 heteroatoms. The molecule has 1 unspecified atom stereocenters. The van der Waals surface area contributed by atoms with Crippen LogP contribution >= 0.6 is 0 Å². The molecule has 1 aliphatic heterocycles. The SMILES string of the molecule is c1cc2c(cn1)nc(CC1CCCN1)n2C1CC1. The van der Waals surface area contributed by atoms with Gasteiger partial charge >= 0.3 is 0 Å². The van der Waals surface area contributed by atoms with E-state index in [2.05, 4.69) is 20.9 Å². The van der Waals surface area contributed by atoms with E-state index in [1.54, 1.807) is 0 Å². The van der Waals surface area contributed by atoms with Crippen LogP contribution in [0.1, 0.15) is 37.5 Å². The van der Waals surface area contributed by atoms with Gasteiger partial charge in [-0.3, -0.25) is 4.98 Å². The van der Waals surface area contributed by atoms with Crippen LogP contribution in [-0.4, -0.2) is 27.1 Å². The average Bonchev–Trinajstić information content (AvgIpc) is 2.97. The van der Waals surface area contributed by atoms with Crippen LogP contribution in [0.25, 0.3) is 11.0 Å². The molecule has 1 atom stereocenters. The Morgan fingerprint density at radius 2 is 2.28 bits per heavy atom. The molecule has 94 valence electrons. The fourth-order valence-corrected chi connectivity index (χ4v) is 3.04. The minimum atomic E-state index is 0.618. The van der Waals surface area contributed by atoms with Gasteiger partial charge in [-0.25, -0.2) is 4.98 Å². The first-order valence-electron chi connectivity index (χ1n) is 6.96. The lowest BCUT2D eigenvalue weighted by Gasteiger charge is -2.12. The lowest BCUT2D eigenvalue weighted by atomic mass is 10.1. The van der Waals surface area contributed by atoms with Gasteiger partial charge in [-0.15, -0.1) is 0 Å². The molecular weight excluding hydrogens is 224 g/mol. The number of nitrogens with one attached hydrogen (secondary N) is 1. The zero-order chi connectivity index (χ0) is 11.9. The van der Waals surface area contributed by atoms with E-state index in [4.69, 9.17) is 4.98 Å². The molecule has 0 aromatic carbocycles. The maximum Gasteiger partial charge on any atom is 0.111 e. The van der Waals surface area contributed by atoms with Crippen LogP contribution in [0.2, 0.25) is 0 Å². The number of rotatable bonds is 3. The first kappa shape index (κ1) is 10.5. The molecule has 2 aromatic heterocycles. The Labute approximate surface area is 106 Å². The maximum atomic E-state index is 4.80. The van der Waals surface area contributed by atoms with Gasteiger partial charge < -0.3 is 9.88 Å². The van der Waals surface area contributed by atoms with Crippen LogP contribution in [0, 0.1) is 0 Å². The summed E-state index contributed by atoms with van der Waals surface area (Å²) in [5.41, 5.74) is 2.32. The molecule has 0 spiro atoms. The molecule has 0 radical (unpaired) electrons. The van der Waals surface area contributed by atoms with Gasteiger partial charge in [0.15, 0.2) is 0 Å². The van der Waals surface area contributed by atoms with Crippen molar-refractivity contribution in [1.82, 2.24) is 19.9 Å². The van der Waals surface area contributed by atoms with Gasteiger partial charge in [-0.1, -0.05) is 0 Å². The van der Waals surface area contributed by atoms with Crippen LogP contribution in [0.3, 0.4) is 0 Å². The topological polar surface area (TPSA) is 42.7 Å². The fraction of sp³-hybridized carbons (Fsp3) is 0.571. The zero-order valence-corrected chi connectivity index (χ0v) is 10.5. The summed E-state index contributed by atoms with van der Waals surface area (Å²) in [6.45, 7) is 1.16. The van der Waals surface area contributed by atoms with Gasteiger partial charge in [-0.2, -0.15) is 0 Å². The Hall–Kier alpha value is -1.42. The highest BCUT2D eigenvalue weighted by Crippen LogP contribution is 2.38. The minimum Gasteiger partial charge on any atom is -0.325 e. The van der Waals surface area contributed by atoms with Gasteiger partial charge in [0.05, 0.1) is 11.7 Å². The molecule has 1 saturated heterocycles. The Kier molecular flexibility index (Phi) is 2.36. The van der Waals surface area contributed by atoms with Crippen LogP contribution in [0.5, 0.6) is 0 Å². The number of imidazole rings is 1. The Morgan fingerprint density at radius 1 is 1.33 bits per heavy atom. The molecule has 2 aromatic rings. The number of nitrogens with zero attached hydrogens (tertiary/aromatic N) is 3.